The summed E-state index contributed by atoms with van der Waals surface area (Å²) in [5, 5.41) is 5.99. The highest BCUT2D eigenvalue weighted by Gasteiger charge is 2.15. The molecule has 0 aromatic carbocycles. The monoisotopic (exact) mass is 536 g/mol. The van der Waals surface area contributed by atoms with Gasteiger partial charge in [-0.2, -0.15) is 0 Å². The maximum Gasteiger partial charge on any atom is 0.270 e. The number of halogens is 1. The number of nitrogens with one attached hydrogen (secondary N) is 3. The van der Waals surface area contributed by atoms with Gasteiger partial charge in [-0.05, 0) is 51.1 Å². The van der Waals surface area contributed by atoms with E-state index in [2.05, 4.69) is 40.5 Å². The van der Waals surface area contributed by atoms with Crippen molar-refractivity contribution in [3.63, 3.8) is 0 Å². The number of rotatable bonds is 7. The number of aromatic amines is 1. The van der Waals surface area contributed by atoms with Crippen molar-refractivity contribution >= 4 is 17.4 Å². The second kappa shape index (κ2) is 11.2. The van der Waals surface area contributed by atoms with Crippen molar-refractivity contribution < 1.29 is 9.18 Å². The highest BCUT2D eigenvalue weighted by Crippen LogP contribution is 2.24. The van der Waals surface area contributed by atoms with E-state index in [9.17, 15) is 14.0 Å². The Labute approximate surface area is 228 Å². The van der Waals surface area contributed by atoms with Gasteiger partial charge < -0.3 is 15.6 Å². The number of carbonyl (C=O) groups is 1. The van der Waals surface area contributed by atoms with Crippen molar-refractivity contribution in [3.05, 3.63) is 112 Å². The minimum absolute atomic E-state index is 0.225. The van der Waals surface area contributed by atoms with E-state index in [0.29, 0.717) is 39.8 Å². The minimum Gasteiger partial charge on any atom is -0.343 e. The van der Waals surface area contributed by atoms with Gasteiger partial charge in [0.1, 0.15) is 17.3 Å². The molecule has 0 radical (unpaired) electrons. The summed E-state index contributed by atoms with van der Waals surface area (Å²) in [4.78, 5) is 48.8. The van der Waals surface area contributed by atoms with E-state index < -0.39 is 11.9 Å². The molecule has 0 fully saturated rings. The van der Waals surface area contributed by atoms with E-state index >= 15 is 0 Å². The number of hydrogen-bond donors (Lipinski definition) is 3. The lowest BCUT2D eigenvalue weighted by atomic mass is 10.1. The normalized spacial score (nSPS) is 11.6. The Balaban J connectivity index is 1.27. The molecular weight excluding hydrogens is 511 g/mol. The zero-order valence-electron chi connectivity index (χ0n) is 21.9. The summed E-state index contributed by atoms with van der Waals surface area (Å²) in [6.07, 6.45) is 5.89. The summed E-state index contributed by atoms with van der Waals surface area (Å²) in [5.41, 5.74) is 4.67. The molecule has 5 aromatic rings. The summed E-state index contributed by atoms with van der Waals surface area (Å²) in [6.45, 7) is 5.46. The van der Waals surface area contributed by atoms with Gasteiger partial charge in [0.2, 0.25) is 5.56 Å². The molecule has 0 aliphatic heterocycles. The molecule has 0 aliphatic carbocycles. The van der Waals surface area contributed by atoms with Crippen LogP contribution >= 0.6 is 0 Å². The van der Waals surface area contributed by atoms with Gasteiger partial charge in [0, 0.05) is 64.5 Å². The number of nitrogens with zero attached hydrogens (tertiary/aromatic N) is 5. The van der Waals surface area contributed by atoms with Gasteiger partial charge in [-0.3, -0.25) is 24.5 Å². The third kappa shape index (κ3) is 6.04. The Hall–Kier alpha value is -5.32. The molecule has 0 saturated heterocycles. The van der Waals surface area contributed by atoms with Gasteiger partial charge in [-0.25, -0.2) is 14.4 Å². The predicted octanol–water partition coefficient (Wildman–Crippen LogP) is 4.67. The average Bonchev–Trinajstić information content (AvgIpc) is 2.94. The second-order valence-corrected chi connectivity index (χ2v) is 9.17. The SMILES string of the molecule is Cc1cc(Nc2cc[nH]c(=O)c2)nc(-c2ccc(C(=O)NC(C)c3ccc(-c4cc(F)cnc4C)cn3)nc2)n1. The molecule has 200 valence electrons. The first-order valence-corrected chi connectivity index (χ1v) is 12.4. The fourth-order valence-electron chi connectivity index (χ4n) is 4.06. The van der Waals surface area contributed by atoms with Crippen LogP contribution in [0.2, 0.25) is 0 Å². The maximum atomic E-state index is 13.6. The first-order chi connectivity index (χ1) is 19.2. The van der Waals surface area contributed by atoms with Crippen molar-refractivity contribution in [2.45, 2.75) is 26.8 Å². The highest BCUT2D eigenvalue weighted by atomic mass is 19.1. The van der Waals surface area contributed by atoms with Gasteiger partial charge in [-0.15, -0.1) is 0 Å². The summed E-state index contributed by atoms with van der Waals surface area (Å²) >= 11 is 0. The van der Waals surface area contributed by atoms with E-state index in [-0.39, 0.29) is 17.2 Å². The van der Waals surface area contributed by atoms with Crippen molar-refractivity contribution in [3.8, 4) is 22.5 Å². The number of pyridine rings is 4. The maximum absolute atomic E-state index is 13.6. The number of aromatic nitrogens is 6. The fourth-order valence-corrected chi connectivity index (χ4v) is 4.06. The molecule has 5 rings (SSSR count). The third-order valence-electron chi connectivity index (χ3n) is 6.10. The quantitative estimate of drug-likeness (QED) is 0.273. The Bertz CT molecular complexity index is 1740. The Kier molecular flexibility index (Phi) is 7.36. The molecule has 3 N–H and O–H groups in total. The van der Waals surface area contributed by atoms with Crippen LogP contribution in [0.4, 0.5) is 15.9 Å². The first-order valence-electron chi connectivity index (χ1n) is 12.4. The number of H-pyrrole nitrogens is 1. The molecule has 0 saturated carbocycles. The highest BCUT2D eigenvalue weighted by molar-refractivity contribution is 5.92. The van der Waals surface area contributed by atoms with Crippen LogP contribution in [0.25, 0.3) is 22.5 Å². The van der Waals surface area contributed by atoms with Crippen LogP contribution in [0.5, 0.6) is 0 Å². The molecule has 5 heterocycles. The molecule has 40 heavy (non-hydrogen) atoms. The number of carbonyl (C=O) groups excluding carboxylic acids is 1. The van der Waals surface area contributed by atoms with E-state index in [1.54, 1.807) is 49.6 Å². The summed E-state index contributed by atoms with van der Waals surface area (Å²) in [5.74, 6) is 0.163. The zero-order chi connectivity index (χ0) is 28.2. The standard InChI is InChI=1S/C29H25FN8O2/c1-16-10-26(37-22-8-9-31-27(39)12-22)38-28(35-16)20-5-7-25(34-14-20)29(40)36-18(3)24-6-4-19(13-33-24)23-11-21(30)15-32-17(23)2/h4-15,18H,1-3H3,(H,36,40)(H2,31,35,37,38,39). The van der Waals surface area contributed by atoms with Gasteiger partial charge in [0.15, 0.2) is 5.82 Å². The zero-order valence-corrected chi connectivity index (χ0v) is 21.9. The molecule has 0 spiro atoms. The fraction of sp³-hybridized carbons (Fsp3) is 0.138. The Morgan fingerprint density at radius 2 is 1.73 bits per heavy atom. The number of anilines is 2. The van der Waals surface area contributed by atoms with Crippen molar-refractivity contribution in [2.75, 3.05) is 5.32 Å². The lowest BCUT2D eigenvalue weighted by molar-refractivity contribution is 0.0934. The third-order valence-corrected chi connectivity index (χ3v) is 6.10. The average molecular weight is 537 g/mol. The lowest BCUT2D eigenvalue weighted by Gasteiger charge is -2.14. The lowest BCUT2D eigenvalue weighted by Crippen LogP contribution is -2.27. The second-order valence-electron chi connectivity index (χ2n) is 9.17. The molecule has 5 aromatic heterocycles. The molecular formula is C29H25FN8O2. The van der Waals surface area contributed by atoms with E-state index in [1.165, 1.54) is 24.5 Å². The molecule has 0 bridgehead atoms. The van der Waals surface area contributed by atoms with Crippen molar-refractivity contribution in [1.82, 2.24) is 35.2 Å². The molecule has 10 nitrogen and oxygen atoms in total. The molecule has 1 amide bonds. The smallest absolute Gasteiger partial charge is 0.270 e. The predicted molar refractivity (Wildman–Crippen MR) is 148 cm³/mol. The van der Waals surface area contributed by atoms with Crippen LogP contribution in [0.3, 0.4) is 0 Å². The van der Waals surface area contributed by atoms with Gasteiger partial charge in [0.25, 0.3) is 5.91 Å². The topological polar surface area (TPSA) is 138 Å². The van der Waals surface area contributed by atoms with Crippen molar-refractivity contribution in [1.29, 1.82) is 0 Å². The molecule has 11 heteroatoms. The number of hydrogen-bond acceptors (Lipinski definition) is 8. The Morgan fingerprint density at radius 1 is 0.925 bits per heavy atom. The van der Waals surface area contributed by atoms with Crippen LogP contribution in [0.15, 0.2) is 78.1 Å². The summed E-state index contributed by atoms with van der Waals surface area (Å²) < 4.78 is 13.6. The van der Waals surface area contributed by atoms with Crippen LogP contribution in [0.1, 0.15) is 40.5 Å². The van der Waals surface area contributed by atoms with Gasteiger partial charge in [-0.1, -0.05) is 6.07 Å². The van der Waals surface area contributed by atoms with Crippen LogP contribution in [-0.2, 0) is 0 Å². The molecule has 0 aliphatic rings. The molecule has 1 unspecified atom stereocenters. The van der Waals surface area contributed by atoms with Crippen LogP contribution in [-0.4, -0.2) is 35.8 Å². The van der Waals surface area contributed by atoms with E-state index in [1.807, 2.05) is 19.9 Å². The van der Waals surface area contributed by atoms with Gasteiger partial charge in [0.05, 0.1) is 17.9 Å². The number of amides is 1. The van der Waals surface area contributed by atoms with Gasteiger partial charge >= 0.3 is 0 Å². The Morgan fingerprint density at radius 3 is 2.45 bits per heavy atom. The summed E-state index contributed by atoms with van der Waals surface area (Å²) in [7, 11) is 0. The molecule has 1 atom stereocenters. The summed E-state index contributed by atoms with van der Waals surface area (Å²) in [6, 6.07) is 12.9. The first kappa shape index (κ1) is 26.3. The van der Waals surface area contributed by atoms with Crippen LogP contribution < -0.4 is 16.2 Å². The largest absolute Gasteiger partial charge is 0.343 e. The van der Waals surface area contributed by atoms with Crippen LogP contribution in [0, 0.1) is 19.7 Å². The van der Waals surface area contributed by atoms with E-state index in [0.717, 1.165) is 11.3 Å². The minimum atomic E-state index is -0.417. The van der Waals surface area contributed by atoms with E-state index in [4.69, 9.17) is 0 Å². The van der Waals surface area contributed by atoms with Crippen molar-refractivity contribution in [2.24, 2.45) is 0 Å². The number of aryl methyl sites for hydroxylation is 2.